The second-order valence-electron chi connectivity index (χ2n) is 9.35. The van der Waals surface area contributed by atoms with E-state index in [0.29, 0.717) is 18.0 Å². The highest BCUT2D eigenvalue weighted by Crippen LogP contribution is 2.25. The van der Waals surface area contributed by atoms with Gasteiger partial charge in [-0.05, 0) is 62.2 Å². The largest absolute Gasteiger partial charge is 0.497 e. The molecule has 3 aromatic carbocycles. The second-order valence-corrected chi connectivity index (χ2v) is 11.2. The number of rotatable bonds is 13. The number of carbonyl (C=O) groups is 2. The van der Waals surface area contributed by atoms with Crippen molar-refractivity contribution in [1.29, 1.82) is 0 Å². The third-order valence-electron chi connectivity index (χ3n) is 6.42. The lowest BCUT2D eigenvalue weighted by molar-refractivity contribution is -0.139. The van der Waals surface area contributed by atoms with Crippen LogP contribution in [0.3, 0.4) is 0 Å². The number of methoxy groups -OCH3 is 1. The molecule has 208 valence electrons. The Labute approximate surface area is 231 Å². The van der Waals surface area contributed by atoms with Crippen molar-refractivity contribution in [3.8, 4) is 5.75 Å². The molecule has 2 amide bonds. The molecular weight excluding hydrogens is 514 g/mol. The van der Waals surface area contributed by atoms with Crippen molar-refractivity contribution < 1.29 is 22.7 Å². The molecule has 0 spiro atoms. The van der Waals surface area contributed by atoms with Crippen LogP contribution in [0.2, 0.25) is 0 Å². The number of aryl methyl sites for hydroxylation is 1. The number of hydrogen-bond donors (Lipinski definition) is 1. The predicted octanol–water partition coefficient (Wildman–Crippen LogP) is 4.53. The number of anilines is 1. The van der Waals surface area contributed by atoms with Crippen LogP contribution in [-0.4, -0.2) is 51.4 Å². The van der Waals surface area contributed by atoms with Gasteiger partial charge in [0.25, 0.3) is 10.0 Å². The van der Waals surface area contributed by atoms with E-state index in [1.54, 1.807) is 74.7 Å². The zero-order chi connectivity index (χ0) is 28.4. The summed E-state index contributed by atoms with van der Waals surface area (Å²) < 4.78 is 33.9. The fraction of sp³-hybridized carbons (Fsp3) is 0.333. The summed E-state index contributed by atoms with van der Waals surface area (Å²) in [5, 5.41) is 2.88. The van der Waals surface area contributed by atoms with E-state index in [9.17, 15) is 18.0 Å². The van der Waals surface area contributed by atoms with E-state index < -0.39 is 28.5 Å². The van der Waals surface area contributed by atoms with Crippen molar-refractivity contribution in [2.45, 2.75) is 51.1 Å². The average Bonchev–Trinajstić information content (AvgIpc) is 2.95. The molecule has 0 saturated carbocycles. The van der Waals surface area contributed by atoms with E-state index in [4.69, 9.17) is 4.74 Å². The number of sulfonamides is 1. The van der Waals surface area contributed by atoms with Gasteiger partial charge in [-0.25, -0.2) is 8.42 Å². The Kier molecular flexibility index (Phi) is 10.5. The van der Waals surface area contributed by atoms with Crippen LogP contribution in [0.25, 0.3) is 0 Å². The van der Waals surface area contributed by atoms with Crippen molar-refractivity contribution in [3.05, 3.63) is 90.0 Å². The van der Waals surface area contributed by atoms with Crippen molar-refractivity contribution in [2.75, 3.05) is 24.5 Å². The monoisotopic (exact) mass is 551 g/mol. The number of ether oxygens (including phenoxy) is 1. The van der Waals surface area contributed by atoms with Crippen molar-refractivity contribution >= 4 is 27.5 Å². The topological polar surface area (TPSA) is 96.0 Å². The highest BCUT2D eigenvalue weighted by Gasteiger charge is 2.32. The van der Waals surface area contributed by atoms with Gasteiger partial charge in [-0.1, -0.05) is 61.4 Å². The summed E-state index contributed by atoms with van der Waals surface area (Å²) in [6.45, 7) is 5.71. The smallest absolute Gasteiger partial charge is 0.264 e. The molecule has 0 saturated heterocycles. The van der Waals surface area contributed by atoms with Crippen LogP contribution in [0, 0.1) is 6.92 Å². The number of carbonyl (C=O) groups excluding carboxylic acids is 2. The zero-order valence-electron chi connectivity index (χ0n) is 23.0. The maximum atomic E-state index is 13.9. The van der Waals surface area contributed by atoms with E-state index in [1.165, 1.54) is 17.0 Å². The fourth-order valence-corrected chi connectivity index (χ4v) is 5.48. The lowest BCUT2D eigenvalue weighted by atomic mass is 10.1. The average molecular weight is 552 g/mol. The number of unbranched alkanes of at least 4 members (excludes halogenated alkanes) is 1. The number of hydrogen-bond acceptors (Lipinski definition) is 5. The molecule has 0 aromatic heterocycles. The predicted molar refractivity (Wildman–Crippen MR) is 153 cm³/mol. The summed E-state index contributed by atoms with van der Waals surface area (Å²) in [4.78, 5) is 28.4. The molecule has 0 bridgehead atoms. The lowest BCUT2D eigenvalue weighted by Crippen LogP contribution is -2.51. The standard InChI is InChI=1S/C30H37N3O5S/c1-5-6-19-31-30(35)24(3)32(21-25-11-10-12-27(20-25)38-4)29(34)22-33(26-17-15-23(2)16-18-26)39(36,37)28-13-8-7-9-14-28/h7-18,20,24H,5-6,19,21-22H2,1-4H3,(H,31,35)/t24-/m0/s1. The quantitative estimate of drug-likeness (QED) is 0.315. The van der Waals surface area contributed by atoms with E-state index in [0.717, 1.165) is 28.3 Å². The van der Waals surface area contributed by atoms with Gasteiger partial charge >= 0.3 is 0 Å². The lowest BCUT2D eigenvalue weighted by Gasteiger charge is -2.32. The Morgan fingerprint density at radius 3 is 2.31 bits per heavy atom. The van der Waals surface area contributed by atoms with Gasteiger partial charge in [0.15, 0.2) is 0 Å². The van der Waals surface area contributed by atoms with Crippen LogP contribution < -0.4 is 14.4 Å². The number of benzene rings is 3. The molecule has 0 fully saturated rings. The number of amides is 2. The third-order valence-corrected chi connectivity index (χ3v) is 8.20. The highest BCUT2D eigenvalue weighted by atomic mass is 32.2. The van der Waals surface area contributed by atoms with Crippen molar-refractivity contribution in [2.24, 2.45) is 0 Å². The molecule has 0 aliphatic rings. The molecule has 0 aliphatic carbocycles. The maximum Gasteiger partial charge on any atom is 0.264 e. The van der Waals surface area contributed by atoms with Gasteiger partial charge in [-0.2, -0.15) is 0 Å². The second kappa shape index (κ2) is 13.8. The number of nitrogens with one attached hydrogen (secondary N) is 1. The SMILES string of the molecule is CCCCNC(=O)[C@H](C)N(Cc1cccc(OC)c1)C(=O)CN(c1ccc(C)cc1)S(=O)(=O)c1ccccc1. The summed E-state index contributed by atoms with van der Waals surface area (Å²) in [5.41, 5.74) is 2.07. The molecule has 9 heteroatoms. The fourth-order valence-electron chi connectivity index (χ4n) is 4.05. The van der Waals surface area contributed by atoms with Gasteiger partial charge in [0.2, 0.25) is 11.8 Å². The van der Waals surface area contributed by atoms with Gasteiger partial charge in [0.1, 0.15) is 18.3 Å². The summed E-state index contributed by atoms with van der Waals surface area (Å²) in [6.07, 6.45) is 1.74. The molecule has 39 heavy (non-hydrogen) atoms. The Hall–Kier alpha value is -3.85. The molecule has 3 rings (SSSR count). The van der Waals surface area contributed by atoms with Crippen LogP contribution in [0.4, 0.5) is 5.69 Å². The summed E-state index contributed by atoms with van der Waals surface area (Å²) >= 11 is 0. The first-order chi connectivity index (χ1) is 18.7. The molecule has 1 N–H and O–H groups in total. The van der Waals surface area contributed by atoms with Crippen LogP contribution in [0.1, 0.15) is 37.8 Å². The Balaban J connectivity index is 1.99. The van der Waals surface area contributed by atoms with Crippen LogP contribution in [0.15, 0.2) is 83.8 Å². The van der Waals surface area contributed by atoms with Gasteiger partial charge in [-0.15, -0.1) is 0 Å². The highest BCUT2D eigenvalue weighted by molar-refractivity contribution is 7.92. The minimum Gasteiger partial charge on any atom is -0.497 e. The van der Waals surface area contributed by atoms with Crippen molar-refractivity contribution in [1.82, 2.24) is 10.2 Å². The molecule has 0 unspecified atom stereocenters. The molecule has 8 nitrogen and oxygen atoms in total. The Morgan fingerprint density at radius 2 is 1.67 bits per heavy atom. The molecule has 0 heterocycles. The zero-order valence-corrected chi connectivity index (χ0v) is 23.8. The van der Waals surface area contributed by atoms with Crippen molar-refractivity contribution in [3.63, 3.8) is 0 Å². The van der Waals surface area contributed by atoms with E-state index in [1.807, 2.05) is 19.9 Å². The Bertz CT molecular complexity index is 1340. The van der Waals surface area contributed by atoms with E-state index in [2.05, 4.69) is 5.32 Å². The van der Waals surface area contributed by atoms with Gasteiger partial charge < -0.3 is 15.0 Å². The third kappa shape index (κ3) is 7.83. The van der Waals surface area contributed by atoms with Crippen LogP contribution in [0.5, 0.6) is 5.75 Å². The first-order valence-electron chi connectivity index (χ1n) is 13.0. The minimum atomic E-state index is -4.08. The van der Waals surface area contributed by atoms with E-state index >= 15 is 0 Å². The summed E-state index contributed by atoms with van der Waals surface area (Å²) in [7, 11) is -2.52. The molecule has 3 aromatic rings. The first kappa shape index (κ1) is 29.7. The molecule has 0 aliphatic heterocycles. The number of nitrogens with zero attached hydrogens (tertiary/aromatic N) is 2. The normalized spacial score (nSPS) is 11.9. The van der Waals surface area contributed by atoms with Crippen LogP contribution in [-0.2, 0) is 26.2 Å². The van der Waals surface area contributed by atoms with Gasteiger partial charge in [0, 0.05) is 13.1 Å². The summed E-state index contributed by atoms with van der Waals surface area (Å²) in [5.74, 6) is -0.184. The van der Waals surface area contributed by atoms with Gasteiger partial charge in [0.05, 0.1) is 17.7 Å². The van der Waals surface area contributed by atoms with E-state index in [-0.39, 0.29) is 17.3 Å². The Morgan fingerprint density at radius 1 is 0.974 bits per heavy atom. The minimum absolute atomic E-state index is 0.0723. The maximum absolute atomic E-state index is 13.9. The molecular formula is C30H37N3O5S. The molecule has 0 radical (unpaired) electrons. The molecule has 1 atom stereocenters. The van der Waals surface area contributed by atoms with Crippen LogP contribution >= 0.6 is 0 Å². The van der Waals surface area contributed by atoms with Gasteiger partial charge in [-0.3, -0.25) is 13.9 Å². The summed E-state index contributed by atoms with van der Waals surface area (Å²) in [6, 6.07) is 21.3. The first-order valence-corrected chi connectivity index (χ1v) is 14.5.